The minimum absolute atomic E-state index is 0.0182. The summed E-state index contributed by atoms with van der Waals surface area (Å²) in [4.78, 5) is 27.3. The summed E-state index contributed by atoms with van der Waals surface area (Å²) in [6, 6.07) is 15.0. The molecule has 2 unspecified atom stereocenters. The van der Waals surface area contributed by atoms with Gasteiger partial charge in [0.1, 0.15) is 25.0 Å². The topological polar surface area (TPSA) is 92.5 Å². The molecule has 0 radical (unpaired) electrons. The largest absolute Gasteiger partial charge is 0.465 e. The molecule has 8 nitrogen and oxygen atoms in total. The second-order valence-electron chi connectivity index (χ2n) is 8.21. The van der Waals surface area contributed by atoms with Gasteiger partial charge in [0, 0.05) is 24.3 Å². The van der Waals surface area contributed by atoms with Crippen molar-refractivity contribution in [1.82, 2.24) is 14.8 Å². The highest BCUT2D eigenvalue weighted by Crippen LogP contribution is 2.34. The highest BCUT2D eigenvalue weighted by molar-refractivity contribution is 6.30. The normalized spacial score (nSPS) is 13.1. The van der Waals surface area contributed by atoms with E-state index < -0.39 is 29.7 Å². The summed E-state index contributed by atoms with van der Waals surface area (Å²) in [7, 11) is 0. The molecule has 0 saturated carbocycles. The van der Waals surface area contributed by atoms with Crippen molar-refractivity contribution in [2.75, 3.05) is 6.61 Å². The summed E-state index contributed by atoms with van der Waals surface area (Å²) in [5, 5.41) is 4.86. The minimum atomic E-state index is -0.858. The van der Waals surface area contributed by atoms with Crippen LogP contribution in [0, 0.1) is 5.41 Å². The zero-order chi connectivity index (χ0) is 24.0. The fourth-order valence-electron chi connectivity index (χ4n) is 3.26. The van der Waals surface area contributed by atoms with Gasteiger partial charge >= 0.3 is 11.9 Å². The Bertz CT molecular complexity index is 1070. The lowest BCUT2D eigenvalue weighted by atomic mass is 9.86. The second kappa shape index (κ2) is 10.5. The number of ether oxygens (including phenoxy) is 3. The van der Waals surface area contributed by atoms with Gasteiger partial charge in [-0.2, -0.15) is 5.10 Å². The number of aromatic nitrogens is 3. The molecular weight excluding hydrogens is 446 g/mol. The van der Waals surface area contributed by atoms with Gasteiger partial charge in [0.25, 0.3) is 0 Å². The van der Waals surface area contributed by atoms with Crippen molar-refractivity contribution in [1.29, 1.82) is 0 Å². The van der Waals surface area contributed by atoms with E-state index in [1.807, 2.05) is 62.4 Å². The third-order valence-electron chi connectivity index (χ3n) is 4.96. The van der Waals surface area contributed by atoms with E-state index in [2.05, 4.69) is 10.1 Å². The van der Waals surface area contributed by atoms with Gasteiger partial charge in [0.2, 0.25) is 6.23 Å². The first-order valence-corrected chi connectivity index (χ1v) is 10.7. The SMILES string of the molecule is CC(=O)OCC(C)(C)C(OC(C)=O)C(Oc1ccc(-c2ccc(Cl)cc2)cc1)n1cncn1. The van der Waals surface area contributed by atoms with Crippen molar-refractivity contribution in [3.8, 4) is 16.9 Å². The van der Waals surface area contributed by atoms with Crippen LogP contribution in [0.25, 0.3) is 11.1 Å². The predicted octanol–water partition coefficient (Wildman–Crippen LogP) is 4.70. The highest BCUT2D eigenvalue weighted by atomic mass is 35.5. The van der Waals surface area contributed by atoms with Crippen LogP contribution < -0.4 is 4.74 Å². The summed E-state index contributed by atoms with van der Waals surface area (Å²) in [6.07, 6.45) is 1.14. The van der Waals surface area contributed by atoms with Gasteiger partial charge in [0.15, 0.2) is 6.10 Å². The molecule has 0 bridgehead atoms. The van der Waals surface area contributed by atoms with Crippen LogP contribution in [0.2, 0.25) is 5.02 Å². The highest BCUT2D eigenvalue weighted by Gasteiger charge is 2.42. The average Bonchev–Trinajstić information content (AvgIpc) is 3.30. The number of esters is 2. The van der Waals surface area contributed by atoms with Gasteiger partial charge in [-0.25, -0.2) is 9.67 Å². The van der Waals surface area contributed by atoms with Crippen molar-refractivity contribution in [3.63, 3.8) is 0 Å². The van der Waals surface area contributed by atoms with Crippen LogP contribution in [0.15, 0.2) is 61.2 Å². The Hall–Kier alpha value is -3.39. The summed E-state index contributed by atoms with van der Waals surface area (Å²) in [5.74, 6) is -0.392. The van der Waals surface area contributed by atoms with Gasteiger partial charge in [-0.3, -0.25) is 9.59 Å². The fourth-order valence-corrected chi connectivity index (χ4v) is 3.39. The van der Waals surface area contributed by atoms with E-state index >= 15 is 0 Å². The number of hydrogen-bond acceptors (Lipinski definition) is 7. The van der Waals surface area contributed by atoms with Crippen LogP contribution in [0.5, 0.6) is 5.75 Å². The van der Waals surface area contributed by atoms with Gasteiger partial charge in [0.05, 0.1) is 0 Å². The number of benzene rings is 2. The molecule has 0 amide bonds. The van der Waals surface area contributed by atoms with Gasteiger partial charge in [-0.1, -0.05) is 49.7 Å². The van der Waals surface area contributed by atoms with Gasteiger partial charge in [-0.05, 0) is 35.4 Å². The third-order valence-corrected chi connectivity index (χ3v) is 5.21. The number of hydrogen-bond donors (Lipinski definition) is 0. The fraction of sp³-hybridized carbons (Fsp3) is 0.333. The lowest BCUT2D eigenvalue weighted by Crippen LogP contribution is -2.46. The summed E-state index contributed by atoms with van der Waals surface area (Å²) in [6.45, 7) is 6.30. The van der Waals surface area contributed by atoms with Crippen LogP contribution in [-0.4, -0.2) is 39.4 Å². The lowest BCUT2D eigenvalue weighted by molar-refractivity contribution is -0.175. The first-order valence-electron chi connectivity index (χ1n) is 10.3. The quantitative estimate of drug-likeness (QED) is 0.417. The maximum absolute atomic E-state index is 12.0. The third kappa shape index (κ3) is 6.55. The van der Waals surface area contributed by atoms with Crippen LogP contribution in [-0.2, 0) is 19.1 Å². The molecule has 1 heterocycles. The zero-order valence-electron chi connectivity index (χ0n) is 18.9. The Morgan fingerprint density at radius 3 is 2.12 bits per heavy atom. The number of carbonyl (C=O) groups is 2. The van der Waals surface area contributed by atoms with E-state index in [-0.39, 0.29) is 6.61 Å². The Labute approximate surface area is 197 Å². The second-order valence-corrected chi connectivity index (χ2v) is 8.65. The maximum Gasteiger partial charge on any atom is 0.303 e. The van der Waals surface area contributed by atoms with Crippen LogP contribution in [0.1, 0.15) is 33.9 Å². The van der Waals surface area contributed by atoms with Crippen LogP contribution in [0.4, 0.5) is 0 Å². The molecule has 2 aromatic carbocycles. The van der Waals surface area contributed by atoms with Gasteiger partial charge in [-0.15, -0.1) is 0 Å². The molecule has 0 fully saturated rings. The molecule has 0 spiro atoms. The van der Waals surface area contributed by atoms with E-state index in [1.165, 1.54) is 31.2 Å². The minimum Gasteiger partial charge on any atom is -0.465 e. The Morgan fingerprint density at radius 1 is 1.00 bits per heavy atom. The smallest absolute Gasteiger partial charge is 0.303 e. The molecule has 0 saturated heterocycles. The molecule has 174 valence electrons. The average molecular weight is 472 g/mol. The monoisotopic (exact) mass is 471 g/mol. The molecule has 1 aromatic heterocycles. The molecule has 33 heavy (non-hydrogen) atoms. The van der Waals surface area contributed by atoms with Gasteiger partial charge < -0.3 is 14.2 Å². The van der Waals surface area contributed by atoms with Crippen LogP contribution >= 0.6 is 11.6 Å². The van der Waals surface area contributed by atoms with E-state index in [0.717, 1.165) is 11.1 Å². The van der Waals surface area contributed by atoms with Crippen LogP contribution in [0.3, 0.4) is 0 Å². The first-order chi connectivity index (χ1) is 15.7. The van der Waals surface area contributed by atoms with E-state index in [0.29, 0.717) is 10.8 Å². The summed E-state index contributed by atoms with van der Waals surface area (Å²) in [5.41, 5.74) is 1.21. The van der Waals surface area contributed by atoms with Crippen molar-refractivity contribution in [2.24, 2.45) is 5.41 Å². The Balaban J connectivity index is 1.90. The molecule has 2 atom stereocenters. The Morgan fingerprint density at radius 2 is 1.61 bits per heavy atom. The van der Waals surface area contributed by atoms with E-state index in [9.17, 15) is 9.59 Å². The lowest BCUT2D eigenvalue weighted by Gasteiger charge is -2.37. The molecule has 3 rings (SSSR count). The molecule has 0 aliphatic heterocycles. The molecule has 0 aliphatic rings. The number of halogens is 1. The zero-order valence-corrected chi connectivity index (χ0v) is 19.7. The first kappa shape index (κ1) is 24.3. The number of nitrogens with zero attached hydrogens (tertiary/aromatic N) is 3. The van der Waals surface area contributed by atoms with E-state index in [4.69, 9.17) is 25.8 Å². The number of rotatable bonds is 9. The molecule has 0 N–H and O–H groups in total. The van der Waals surface area contributed by atoms with Crippen molar-refractivity contribution in [3.05, 3.63) is 66.2 Å². The molecular formula is C24H26ClN3O5. The molecule has 3 aromatic rings. The standard InChI is InChI=1S/C24H26ClN3O5/c1-16(29)31-13-24(3,4)22(32-17(2)30)23(28-15-26-14-27-28)33-21-11-7-19(8-12-21)18-5-9-20(25)10-6-18/h5-12,14-15,22-23H,13H2,1-4H3. The maximum atomic E-state index is 12.0. The molecule has 0 aliphatic carbocycles. The van der Waals surface area contributed by atoms with Crippen molar-refractivity contribution < 1.29 is 23.8 Å². The summed E-state index contributed by atoms with van der Waals surface area (Å²) >= 11 is 5.98. The summed E-state index contributed by atoms with van der Waals surface area (Å²) < 4.78 is 18.6. The van der Waals surface area contributed by atoms with E-state index in [1.54, 1.807) is 0 Å². The van der Waals surface area contributed by atoms with Crippen molar-refractivity contribution in [2.45, 2.75) is 40.0 Å². The Kier molecular flexibility index (Phi) is 7.71. The van der Waals surface area contributed by atoms with Crippen molar-refractivity contribution >= 4 is 23.5 Å². The number of carbonyl (C=O) groups excluding carboxylic acids is 2. The molecule has 9 heteroatoms. The predicted molar refractivity (Wildman–Crippen MR) is 123 cm³/mol.